The van der Waals surface area contributed by atoms with Gasteiger partial charge in [-0.3, -0.25) is 4.79 Å². The number of methoxy groups -OCH3 is 8. The number of allylic oxidation sites excluding steroid dienone is 1. The van der Waals surface area contributed by atoms with Crippen LogP contribution in [0.3, 0.4) is 0 Å². The highest BCUT2D eigenvalue weighted by atomic mass is 16.5. The molecule has 0 aliphatic carbocycles. The van der Waals surface area contributed by atoms with E-state index >= 15 is 0 Å². The van der Waals surface area contributed by atoms with E-state index in [0.29, 0.717) is 57.2 Å². The average Bonchev–Trinajstić information content (AvgIpc) is 3.01. The van der Waals surface area contributed by atoms with Crippen LogP contribution in [-0.2, 0) is 0 Å². The summed E-state index contributed by atoms with van der Waals surface area (Å²) in [5.41, 5.74) is 2.52. The first-order valence-electron chi connectivity index (χ1n) is 12.4. The third-order valence-corrected chi connectivity index (χ3v) is 6.13. The van der Waals surface area contributed by atoms with Crippen LogP contribution in [0, 0.1) is 0 Å². The number of benzene rings is 3. The van der Waals surface area contributed by atoms with Gasteiger partial charge >= 0.3 is 0 Å². The number of anilines is 1. The molecule has 10 heteroatoms. The molecule has 0 heterocycles. The summed E-state index contributed by atoms with van der Waals surface area (Å²) >= 11 is 0. The summed E-state index contributed by atoms with van der Waals surface area (Å²) < 4.78 is 43.5. The molecule has 1 N–H and O–H groups in total. The molecular weight excluding hydrogens is 530 g/mol. The lowest BCUT2D eigenvalue weighted by Crippen LogP contribution is -2.02. The lowest BCUT2D eigenvalue weighted by molar-refractivity contribution is 0.104. The van der Waals surface area contributed by atoms with Crippen molar-refractivity contribution >= 4 is 23.6 Å². The predicted octanol–water partition coefficient (Wildman–Crippen LogP) is 5.73. The van der Waals surface area contributed by atoms with Gasteiger partial charge in [0.1, 0.15) is 0 Å². The summed E-state index contributed by atoms with van der Waals surface area (Å²) in [5.74, 6) is 3.42. The van der Waals surface area contributed by atoms with Crippen molar-refractivity contribution in [1.82, 2.24) is 0 Å². The Morgan fingerprint density at radius 3 is 1.54 bits per heavy atom. The van der Waals surface area contributed by atoms with Crippen LogP contribution in [-0.4, -0.2) is 62.7 Å². The molecule has 0 saturated heterocycles. The fourth-order valence-electron chi connectivity index (χ4n) is 4.13. The van der Waals surface area contributed by atoms with E-state index in [2.05, 4.69) is 5.32 Å². The normalized spacial score (nSPS) is 10.8. The topological polar surface area (TPSA) is 103 Å². The second kappa shape index (κ2) is 14.4. The van der Waals surface area contributed by atoms with Gasteiger partial charge in [-0.25, -0.2) is 0 Å². The van der Waals surface area contributed by atoms with Crippen molar-refractivity contribution in [3.05, 3.63) is 65.4 Å². The Morgan fingerprint density at radius 2 is 1.07 bits per heavy atom. The first-order valence-corrected chi connectivity index (χ1v) is 12.4. The Kier molecular flexibility index (Phi) is 10.7. The minimum absolute atomic E-state index is 0.284. The molecule has 0 aliphatic heterocycles. The van der Waals surface area contributed by atoms with E-state index in [-0.39, 0.29) is 5.78 Å². The molecule has 218 valence electrons. The Balaban J connectivity index is 1.97. The maximum absolute atomic E-state index is 13.0. The first-order chi connectivity index (χ1) is 19.9. The van der Waals surface area contributed by atoms with Crippen molar-refractivity contribution in [3.8, 4) is 46.0 Å². The fourth-order valence-corrected chi connectivity index (χ4v) is 4.13. The minimum Gasteiger partial charge on any atom is -0.493 e. The molecule has 0 saturated carbocycles. The number of ether oxygens (including phenoxy) is 8. The maximum atomic E-state index is 13.0. The smallest absolute Gasteiger partial charge is 0.203 e. The van der Waals surface area contributed by atoms with Crippen molar-refractivity contribution in [2.45, 2.75) is 0 Å². The Bertz CT molecular complexity index is 1380. The van der Waals surface area contributed by atoms with E-state index in [0.717, 1.165) is 11.1 Å². The molecule has 0 aliphatic rings. The predicted molar refractivity (Wildman–Crippen MR) is 158 cm³/mol. The SMILES string of the molecule is COc1cc(/C=C\c2ccc(OC)c(OC)c2N/C=C\C(=O)c2cc(OC)c(OC)c(OC)c2)cc(OC)c1OC. The molecule has 10 nitrogen and oxygen atoms in total. The van der Waals surface area contributed by atoms with E-state index < -0.39 is 0 Å². The molecule has 0 aromatic heterocycles. The van der Waals surface area contributed by atoms with Gasteiger partial charge in [-0.15, -0.1) is 0 Å². The van der Waals surface area contributed by atoms with Gasteiger partial charge in [0, 0.05) is 23.4 Å². The Hall–Kier alpha value is -4.99. The minimum atomic E-state index is -0.284. The molecule has 0 bridgehead atoms. The highest BCUT2D eigenvalue weighted by molar-refractivity contribution is 6.05. The quantitative estimate of drug-likeness (QED) is 0.148. The van der Waals surface area contributed by atoms with Crippen LogP contribution in [0.15, 0.2) is 48.7 Å². The van der Waals surface area contributed by atoms with Gasteiger partial charge in [-0.2, -0.15) is 0 Å². The monoisotopic (exact) mass is 565 g/mol. The van der Waals surface area contributed by atoms with Crippen LogP contribution in [0.5, 0.6) is 46.0 Å². The summed E-state index contributed by atoms with van der Waals surface area (Å²) in [6.45, 7) is 0. The molecule has 0 atom stereocenters. The lowest BCUT2D eigenvalue weighted by atomic mass is 10.1. The van der Waals surface area contributed by atoms with E-state index in [1.807, 2.05) is 30.4 Å². The third-order valence-electron chi connectivity index (χ3n) is 6.13. The lowest BCUT2D eigenvalue weighted by Gasteiger charge is -2.16. The largest absolute Gasteiger partial charge is 0.493 e. The second-order valence-electron chi connectivity index (χ2n) is 8.31. The van der Waals surface area contributed by atoms with E-state index in [1.54, 1.807) is 53.7 Å². The summed E-state index contributed by atoms with van der Waals surface area (Å²) in [6.07, 6.45) is 6.70. The molecule has 0 amide bonds. The van der Waals surface area contributed by atoms with Crippen LogP contribution in [0.2, 0.25) is 0 Å². The van der Waals surface area contributed by atoms with Gasteiger partial charge in [-0.05, 0) is 42.0 Å². The van der Waals surface area contributed by atoms with Gasteiger partial charge in [-0.1, -0.05) is 12.2 Å². The highest BCUT2D eigenvalue weighted by Gasteiger charge is 2.17. The van der Waals surface area contributed by atoms with Crippen LogP contribution >= 0.6 is 0 Å². The van der Waals surface area contributed by atoms with Crippen LogP contribution < -0.4 is 43.2 Å². The molecule has 0 radical (unpaired) electrons. The zero-order chi connectivity index (χ0) is 29.9. The number of rotatable bonds is 14. The van der Waals surface area contributed by atoms with Crippen molar-refractivity contribution in [2.24, 2.45) is 0 Å². The van der Waals surface area contributed by atoms with Crippen molar-refractivity contribution in [3.63, 3.8) is 0 Å². The number of hydrogen-bond donors (Lipinski definition) is 1. The summed E-state index contributed by atoms with van der Waals surface area (Å²) in [6, 6.07) is 10.5. The van der Waals surface area contributed by atoms with Gasteiger partial charge in [0.2, 0.25) is 11.5 Å². The molecule has 0 fully saturated rings. The van der Waals surface area contributed by atoms with E-state index in [1.165, 1.54) is 33.6 Å². The van der Waals surface area contributed by atoms with Crippen molar-refractivity contribution < 1.29 is 42.7 Å². The molecule has 0 spiro atoms. The maximum Gasteiger partial charge on any atom is 0.203 e. The molecule has 0 unspecified atom stereocenters. The molecule has 41 heavy (non-hydrogen) atoms. The Labute approximate surface area is 240 Å². The highest BCUT2D eigenvalue weighted by Crippen LogP contribution is 2.41. The summed E-state index contributed by atoms with van der Waals surface area (Å²) in [5, 5.41) is 3.17. The fraction of sp³-hybridized carbons (Fsp3) is 0.258. The van der Waals surface area contributed by atoms with Crippen LogP contribution in [0.4, 0.5) is 5.69 Å². The van der Waals surface area contributed by atoms with Crippen LogP contribution in [0.25, 0.3) is 12.2 Å². The summed E-state index contributed by atoms with van der Waals surface area (Å²) in [4.78, 5) is 13.0. The number of nitrogens with one attached hydrogen (secondary N) is 1. The van der Waals surface area contributed by atoms with Gasteiger partial charge < -0.3 is 43.2 Å². The standard InChI is InChI=1S/C31H35NO9/c1-34-23-12-11-20(10-9-19-15-24(35-2)29(39-6)25(16-19)36-3)28(31(23)41-8)32-14-13-22(33)21-17-26(37-4)30(40-7)27(18-21)38-5/h9-18,32H,1-8H3/b10-9-,14-13-. The van der Waals surface area contributed by atoms with Gasteiger partial charge in [0.15, 0.2) is 40.3 Å². The Morgan fingerprint density at radius 1 is 0.585 bits per heavy atom. The van der Waals surface area contributed by atoms with E-state index in [9.17, 15) is 4.79 Å². The number of ketones is 1. The molecule has 3 rings (SSSR count). The molecule has 3 aromatic rings. The van der Waals surface area contributed by atoms with Crippen LogP contribution in [0.1, 0.15) is 21.5 Å². The van der Waals surface area contributed by atoms with Crippen molar-refractivity contribution in [2.75, 3.05) is 62.2 Å². The second-order valence-corrected chi connectivity index (χ2v) is 8.31. The van der Waals surface area contributed by atoms with Gasteiger partial charge in [0.05, 0.1) is 62.6 Å². The summed E-state index contributed by atoms with van der Waals surface area (Å²) in [7, 11) is 12.3. The first kappa shape index (κ1) is 30.6. The third kappa shape index (κ3) is 6.78. The number of carbonyl (C=O) groups is 1. The van der Waals surface area contributed by atoms with E-state index in [4.69, 9.17) is 37.9 Å². The number of carbonyl (C=O) groups excluding carboxylic acids is 1. The van der Waals surface area contributed by atoms with Gasteiger partial charge in [0.25, 0.3) is 0 Å². The van der Waals surface area contributed by atoms with Crippen molar-refractivity contribution in [1.29, 1.82) is 0 Å². The molecule has 3 aromatic carbocycles. The molecular formula is C31H35NO9. The average molecular weight is 566 g/mol. The zero-order valence-electron chi connectivity index (χ0n) is 24.4. The zero-order valence-corrected chi connectivity index (χ0v) is 24.4. The number of hydrogen-bond acceptors (Lipinski definition) is 10.